The van der Waals surface area contributed by atoms with Gasteiger partial charge in [-0.05, 0) is 31.7 Å². The van der Waals surface area contributed by atoms with Crippen LogP contribution in [-0.2, 0) is 9.53 Å². The van der Waals surface area contributed by atoms with Crippen LogP contribution in [0.1, 0.15) is 32.6 Å². The van der Waals surface area contributed by atoms with E-state index in [1.54, 1.807) is 12.1 Å². The zero-order valence-electron chi connectivity index (χ0n) is 12.5. The van der Waals surface area contributed by atoms with Crippen LogP contribution in [-0.4, -0.2) is 28.9 Å². The second-order valence-electron chi connectivity index (χ2n) is 4.68. The molecule has 1 unspecified atom stereocenters. The molecule has 0 spiro atoms. The lowest BCUT2D eigenvalue weighted by molar-refractivity contribution is -0.386. The summed E-state index contributed by atoms with van der Waals surface area (Å²) in [5.41, 5.74) is -0.156. The largest absolute Gasteiger partial charge is 0.472 e. The molecule has 0 fully saturated rings. The van der Waals surface area contributed by atoms with Crippen LogP contribution in [0.15, 0.2) is 24.3 Å². The fraction of sp³-hybridized carbons (Fsp3) is 0.533. The normalized spacial score (nSPS) is 11.7. The number of ether oxygens (including phenoxy) is 2. The number of nitrogens with zero attached hydrogens (tertiary/aromatic N) is 1. The first kappa shape index (κ1) is 18.4. The fourth-order valence-electron chi connectivity index (χ4n) is 1.81. The average Bonchev–Trinajstić information content (AvgIpc) is 2.52. The van der Waals surface area contributed by atoms with Gasteiger partial charge in [0.2, 0.25) is 0 Å². The van der Waals surface area contributed by atoms with Gasteiger partial charge in [0, 0.05) is 11.4 Å². The molecule has 6 nitrogen and oxygen atoms in total. The number of hydrogen-bond donors (Lipinski definition) is 0. The number of benzene rings is 1. The number of hydrogen-bond acceptors (Lipinski definition) is 5. The van der Waals surface area contributed by atoms with Crippen molar-refractivity contribution in [2.75, 3.05) is 11.9 Å². The van der Waals surface area contributed by atoms with Gasteiger partial charge in [0.1, 0.15) is 0 Å². The van der Waals surface area contributed by atoms with Crippen molar-refractivity contribution in [3.63, 3.8) is 0 Å². The summed E-state index contributed by atoms with van der Waals surface area (Å²) in [6.07, 6.45) is 1.99. The second kappa shape index (κ2) is 10.2. The van der Waals surface area contributed by atoms with E-state index in [0.717, 1.165) is 18.2 Å². The van der Waals surface area contributed by atoms with E-state index >= 15 is 0 Å². The molecular weight excluding hydrogens is 354 g/mol. The van der Waals surface area contributed by atoms with Crippen molar-refractivity contribution in [3.8, 4) is 5.75 Å². The van der Waals surface area contributed by atoms with Crippen molar-refractivity contribution in [1.82, 2.24) is 0 Å². The highest BCUT2D eigenvalue weighted by Crippen LogP contribution is 2.28. The summed E-state index contributed by atoms with van der Waals surface area (Å²) in [5.74, 6) is -0.389. The van der Waals surface area contributed by atoms with E-state index < -0.39 is 17.0 Å². The van der Waals surface area contributed by atoms with Crippen LogP contribution in [0.3, 0.4) is 0 Å². The number of nitro groups is 1. The van der Waals surface area contributed by atoms with Gasteiger partial charge >= 0.3 is 11.7 Å². The summed E-state index contributed by atoms with van der Waals surface area (Å²) < 4.78 is 10.7. The van der Waals surface area contributed by atoms with Gasteiger partial charge in [-0.15, -0.1) is 0 Å². The highest BCUT2D eigenvalue weighted by Gasteiger charge is 2.25. The molecule has 0 bridgehead atoms. The van der Waals surface area contributed by atoms with E-state index in [2.05, 4.69) is 15.9 Å². The van der Waals surface area contributed by atoms with Crippen LogP contribution < -0.4 is 4.74 Å². The van der Waals surface area contributed by atoms with Gasteiger partial charge in [-0.1, -0.05) is 35.0 Å². The molecule has 1 rings (SSSR count). The molecule has 0 saturated heterocycles. The molecule has 1 aromatic carbocycles. The minimum absolute atomic E-state index is 0.0878. The Bertz CT molecular complexity index is 495. The van der Waals surface area contributed by atoms with E-state index in [-0.39, 0.29) is 11.4 Å². The first-order valence-corrected chi connectivity index (χ1v) is 8.35. The highest BCUT2D eigenvalue weighted by atomic mass is 79.9. The van der Waals surface area contributed by atoms with Crippen LogP contribution in [0.4, 0.5) is 5.69 Å². The number of alkyl halides is 1. The molecule has 0 aliphatic heterocycles. The number of rotatable bonds is 10. The minimum Gasteiger partial charge on any atom is -0.472 e. The van der Waals surface area contributed by atoms with E-state index in [0.29, 0.717) is 19.4 Å². The maximum Gasteiger partial charge on any atom is 0.347 e. The molecule has 122 valence electrons. The maximum absolute atomic E-state index is 12.1. The van der Waals surface area contributed by atoms with Crippen molar-refractivity contribution >= 4 is 27.6 Å². The van der Waals surface area contributed by atoms with Gasteiger partial charge in [0.15, 0.2) is 11.9 Å². The number of carbonyl (C=O) groups is 1. The highest BCUT2D eigenvalue weighted by molar-refractivity contribution is 9.09. The van der Waals surface area contributed by atoms with Crippen molar-refractivity contribution in [2.24, 2.45) is 0 Å². The zero-order chi connectivity index (χ0) is 16.4. The summed E-state index contributed by atoms with van der Waals surface area (Å²) in [5, 5.41) is 11.8. The Morgan fingerprint density at radius 2 is 2.09 bits per heavy atom. The number of esters is 1. The van der Waals surface area contributed by atoms with Crippen LogP contribution >= 0.6 is 15.9 Å². The zero-order valence-corrected chi connectivity index (χ0v) is 14.1. The molecule has 0 heterocycles. The molecule has 7 heteroatoms. The van der Waals surface area contributed by atoms with Gasteiger partial charge < -0.3 is 9.47 Å². The smallest absolute Gasteiger partial charge is 0.347 e. The summed E-state index contributed by atoms with van der Waals surface area (Å²) in [6, 6.07) is 6.03. The van der Waals surface area contributed by atoms with Crippen molar-refractivity contribution in [1.29, 1.82) is 0 Å². The lowest BCUT2D eigenvalue weighted by Crippen LogP contribution is -2.30. The van der Waals surface area contributed by atoms with Crippen LogP contribution in [0, 0.1) is 10.1 Å². The van der Waals surface area contributed by atoms with Gasteiger partial charge in [-0.2, -0.15) is 0 Å². The monoisotopic (exact) mass is 373 g/mol. The summed E-state index contributed by atoms with van der Waals surface area (Å²) in [7, 11) is 0. The average molecular weight is 374 g/mol. The predicted molar refractivity (Wildman–Crippen MR) is 86.4 cm³/mol. The topological polar surface area (TPSA) is 78.7 Å². The van der Waals surface area contributed by atoms with E-state index in [9.17, 15) is 14.9 Å². The Balaban J connectivity index is 2.82. The van der Waals surface area contributed by atoms with Crippen LogP contribution in [0.25, 0.3) is 0 Å². The lowest BCUT2D eigenvalue weighted by atomic mass is 10.1. The standard InChI is InChI=1S/C15H20BrNO5/c1-2-11-21-15(18)14(9-5-6-10-16)22-13-8-4-3-7-12(13)17(19)20/h3-4,7-8,14H,2,5-6,9-11H2,1H3. The Kier molecular flexibility index (Phi) is 8.50. The molecule has 0 aromatic heterocycles. The molecule has 0 N–H and O–H groups in total. The molecule has 0 amide bonds. The fourth-order valence-corrected chi connectivity index (χ4v) is 2.20. The molecule has 1 aromatic rings. The molecule has 0 aliphatic rings. The number of halogens is 1. The first-order chi connectivity index (χ1) is 10.6. The quantitative estimate of drug-likeness (QED) is 0.204. The summed E-state index contributed by atoms with van der Waals surface area (Å²) in [4.78, 5) is 22.5. The number of unbranched alkanes of at least 4 members (excludes halogenated alkanes) is 1. The van der Waals surface area contributed by atoms with Crippen LogP contribution in [0.5, 0.6) is 5.75 Å². The van der Waals surface area contributed by atoms with Crippen molar-refractivity contribution < 1.29 is 19.2 Å². The molecule has 0 saturated carbocycles. The van der Waals surface area contributed by atoms with E-state index in [4.69, 9.17) is 9.47 Å². The Labute approximate surface area is 138 Å². The molecule has 1 atom stereocenters. The Morgan fingerprint density at radius 3 is 2.73 bits per heavy atom. The van der Waals surface area contributed by atoms with E-state index in [1.807, 2.05) is 6.92 Å². The maximum atomic E-state index is 12.1. The summed E-state index contributed by atoms with van der Waals surface area (Å²) in [6.45, 7) is 2.21. The molecule has 22 heavy (non-hydrogen) atoms. The lowest BCUT2D eigenvalue weighted by Gasteiger charge is -2.17. The minimum atomic E-state index is -0.827. The third-order valence-corrected chi connectivity index (χ3v) is 3.45. The van der Waals surface area contributed by atoms with Gasteiger partial charge in [-0.3, -0.25) is 10.1 Å². The van der Waals surface area contributed by atoms with E-state index in [1.165, 1.54) is 12.1 Å². The predicted octanol–water partition coefficient (Wildman–Crippen LogP) is 3.86. The third kappa shape index (κ3) is 6.01. The Morgan fingerprint density at radius 1 is 1.36 bits per heavy atom. The number of para-hydroxylation sites is 2. The number of carbonyl (C=O) groups excluding carboxylic acids is 1. The van der Waals surface area contributed by atoms with Gasteiger partial charge in [-0.25, -0.2) is 4.79 Å². The van der Waals surface area contributed by atoms with Crippen molar-refractivity contribution in [2.45, 2.75) is 38.7 Å². The Hall–Kier alpha value is -1.63. The SMILES string of the molecule is CCCOC(=O)C(CCCCBr)Oc1ccccc1[N+](=O)[O-]. The number of nitro benzene ring substituents is 1. The molecular formula is C15H20BrNO5. The summed E-state index contributed by atoms with van der Waals surface area (Å²) >= 11 is 3.33. The van der Waals surface area contributed by atoms with Crippen LogP contribution in [0.2, 0.25) is 0 Å². The third-order valence-electron chi connectivity index (χ3n) is 2.89. The molecule has 0 aliphatic carbocycles. The van der Waals surface area contributed by atoms with Crippen molar-refractivity contribution in [3.05, 3.63) is 34.4 Å². The van der Waals surface area contributed by atoms with Gasteiger partial charge in [0.05, 0.1) is 11.5 Å². The first-order valence-electron chi connectivity index (χ1n) is 7.22. The van der Waals surface area contributed by atoms with Gasteiger partial charge in [0.25, 0.3) is 0 Å². The second-order valence-corrected chi connectivity index (χ2v) is 5.48. The molecule has 0 radical (unpaired) electrons.